The van der Waals surface area contributed by atoms with Gasteiger partial charge in [0.15, 0.2) is 0 Å². The van der Waals surface area contributed by atoms with E-state index in [-0.39, 0.29) is 18.1 Å². The van der Waals surface area contributed by atoms with E-state index in [1.165, 1.54) is 7.11 Å². The average molecular weight is 469 g/mol. The number of carbonyl (C=O) groups excluding carboxylic acids is 1. The van der Waals surface area contributed by atoms with Crippen molar-refractivity contribution in [3.8, 4) is 22.6 Å². The first-order valence-electron chi connectivity index (χ1n) is 11.4. The highest BCUT2D eigenvalue weighted by Crippen LogP contribution is 2.33. The molecule has 8 nitrogen and oxygen atoms in total. The van der Waals surface area contributed by atoms with Crippen molar-refractivity contribution in [3.63, 3.8) is 0 Å². The lowest BCUT2D eigenvalue weighted by Gasteiger charge is -2.23. The van der Waals surface area contributed by atoms with Crippen LogP contribution in [0.3, 0.4) is 0 Å². The summed E-state index contributed by atoms with van der Waals surface area (Å²) < 4.78 is 10.7. The molecule has 1 atom stereocenters. The molecule has 0 unspecified atom stereocenters. The van der Waals surface area contributed by atoms with Crippen LogP contribution in [-0.2, 0) is 20.8 Å². The lowest BCUT2D eigenvalue weighted by Crippen LogP contribution is -2.47. The zero-order chi connectivity index (χ0) is 24.5. The minimum absolute atomic E-state index is 0.0121. The Morgan fingerprint density at radius 2 is 1.74 bits per heavy atom. The Labute approximate surface area is 199 Å². The van der Waals surface area contributed by atoms with Crippen LogP contribution < -0.4 is 14.8 Å². The quantitative estimate of drug-likeness (QED) is 0.402. The van der Waals surface area contributed by atoms with Crippen LogP contribution in [0.5, 0.6) is 11.5 Å². The van der Waals surface area contributed by atoms with Crippen molar-refractivity contribution in [2.75, 3.05) is 21.3 Å². The monoisotopic (exact) mass is 468 g/mol. The molecular weight excluding hydrogens is 436 g/mol. The molecule has 34 heavy (non-hydrogen) atoms. The second-order valence-corrected chi connectivity index (χ2v) is 8.33. The predicted molar refractivity (Wildman–Crippen MR) is 129 cm³/mol. The van der Waals surface area contributed by atoms with Gasteiger partial charge in [-0.25, -0.2) is 4.79 Å². The number of nitrogens with one attached hydrogen (secondary N) is 1. The summed E-state index contributed by atoms with van der Waals surface area (Å²) >= 11 is 0. The molecule has 3 rings (SSSR count). The molecule has 182 valence electrons. The smallest absolute Gasteiger partial charge is 0.326 e. The SMILES string of the molecule is CON=C(C(=O)N[C@@H](Cc1ccc(-c2ccc(OC)cc2OC)cc1)C(=O)O)C1CCCCC1. The van der Waals surface area contributed by atoms with E-state index in [1.807, 2.05) is 42.5 Å². The van der Waals surface area contributed by atoms with Crippen molar-refractivity contribution in [3.05, 3.63) is 48.0 Å². The van der Waals surface area contributed by atoms with E-state index in [2.05, 4.69) is 10.5 Å². The summed E-state index contributed by atoms with van der Waals surface area (Å²) in [5.41, 5.74) is 2.87. The number of benzene rings is 2. The molecule has 1 saturated carbocycles. The first-order chi connectivity index (χ1) is 16.5. The van der Waals surface area contributed by atoms with Crippen LogP contribution in [-0.4, -0.2) is 50.1 Å². The van der Waals surface area contributed by atoms with Gasteiger partial charge in [-0.15, -0.1) is 0 Å². The standard InChI is InChI=1S/C26H32N2O6/c1-32-20-13-14-21(23(16-20)33-2)18-11-9-17(10-12-18)15-22(26(30)31)27-25(29)24(28-34-3)19-7-5-4-6-8-19/h9-14,16,19,22H,4-8,15H2,1-3H3,(H,27,29)(H,30,31)/t22-/m0/s1. The van der Waals surface area contributed by atoms with Crippen molar-refractivity contribution >= 4 is 17.6 Å². The van der Waals surface area contributed by atoms with Gasteiger partial charge in [-0.3, -0.25) is 4.79 Å². The number of oxime groups is 1. The molecule has 0 aromatic heterocycles. The maximum atomic E-state index is 12.9. The molecule has 1 aliphatic rings. The Hall–Kier alpha value is -3.55. The van der Waals surface area contributed by atoms with Crippen molar-refractivity contribution in [2.45, 2.75) is 44.6 Å². The van der Waals surface area contributed by atoms with Gasteiger partial charge >= 0.3 is 5.97 Å². The van der Waals surface area contributed by atoms with Crippen molar-refractivity contribution < 1.29 is 29.0 Å². The molecule has 2 N–H and O–H groups in total. The van der Waals surface area contributed by atoms with Crippen LogP contribution in [0, 0.1) is 5.92 Å². The first-order valence-corrected chi connectivity index (χ1v) is 11.4. The normalized spacial score (nSPS) is 15.3. The van der Waals surface area contributed by atoms with Gasteiger partial charge in [0.25, 0.3) is 5.91 Å². The molecule has 0 aliphatic heterocycles. The zero-order valence-corrected chi connectivity index (χ0v) is 19.9. The van der Waals surface area contributed by atoms with Crippen LogP contribution in [0.25, 0.3) is 11.1 Å². The maximum absolute atomic E-state index is 12.9. The molecule has 0 saturated heterocycles. The van der Waals surface area contributed by atoms with Gasteiger partial charge < -0.3 is 24.7 Å². The molecule has 0 heterocycles. The fourth-order valence-electron chi connectivity index (χ4n) is 4.30. The van der Waals surface area contributed by atoms with E-state index in [0.717, 1.165) is 48.8 Å². The number of rotatable bonds is 10. The van der Waals surface area contributed by atoms with Gasteiger partial charge in [-0.2, -0.15) is 0 Å². The molecule has 0 spiro atoms. The van der Waals surface area contributed by atoms with E-state index in [1.54, 1.807) is 14.2 Å². The minimum Gasteiger partial charge on any atom is -0.497 e. The molecule has 0 bridgehead atoms. The minimum atomic E-state index is -1.10. The Morgan fingerprint density at radius 1 is 1.03 bits per heavy atom. The Bertz CT molecular complexity index is 1010. The van der Waals surface area contributed by atoms with Crippen molar-refractivity contribution in [1.29, 1.82) is 0 Å². The Morgan fingerprint density at radius 3 is 2.32 bits per heavy atom. The lowest BCUT2D eigenvalue weighted by atomic mass is 9.85. The molecule has 1 amide bonds. The number of ether oxygens (including phenoxy) is 2. The van der Waals surface area contributed by atoms with Gasteiger partial charge in [-0.1, -0.05) is 48.7 Å². The Balaban J connectivity index is 1.73. The molecule has 2 aromatic carbocycles. The van der Waals surface area contributed by atoms with E-state index >= 15 is 0 Å². The van der Waals surface area contributed by atoms with Gasteiger partial charge in [0.2, 0.25) is 0 Å². The fraction of sp³-hybridized carbons (Fsp3) is 0.423. The second-order valence-electron chi connectivity index (χ2n) is 8.33. The van der Waals surface area contributed by atoms with Crippen LogP contribution in [0.2, 0.25) is 0 Å². The highest BCUT2D eigenvalue weighted by molar-refractivity contribution is 6.39. The van der Waals surface area contributed by atoms with Crippen LogP contribution in [0.4, 0.5) is 0 Å². The van der Waals surface area contributed by atoms with Gasteiger partial charge in [0.05, 0.1) is 14.2 Å². The number of methoxy groups -OCH3 is 2. The molecule has 8 heteroatoms. The maximum Gasteiger partial charge on any atom is 0.326 e. The van der Waals surface area contributed by atoms with Crippen molar-refractivity contribution in [1.82, 2.24) is 5.32 Å². The highest BCUT2D eigenvalue weighted by Gasteiger charge is 2.29. The number of carboxylic acids is 1. The summed E-state index contributed by atoms with van der Waals surface area (Å²) in [6.45, 7) is 0. The summed E-state index contributed by atoms with van der Waals surface area (Å²) in [6.07, 6.45) is 5.02. The van der Waals surface area contributed by atoms with Crippen LogP contribution in [0.15, 0.2) is 47.6 Å². The third-order valence-corrected chi connectivity index (χ3v) is 6.13. The summed E-state index contributed by atoms with van der Waals surface area (Å²) in [7, 11) is 4.59. The highest BCUT2D eigenvalue weighted by atomic mass is 16.6. The summed E-state index contributed by atoms with van der Waals surface area (Å²) in [6, 6.07) is 12.0. The zero-order valence-electron chi connectivity index (χ0n) is 19.9. The van der Waals surface area contributed by atoms with Gasteiger partial charge in [-0.05, 0) is 36.1 Å². The van der Waals surface area contributed by atoms with E-state index < -0.39 is 17.9 Å². The topological polar surface area (TPSA) is 106 Å². The van der Waals surface area contributed by atoms with E-state index in [4.69, 9.17) is 14.3 Å². The number of carbonyl (C=O) groups is 2. The van der Waals surface area contributed by atoms with E-state index in [0.29, 0.717) is 11.5 Å². The third-order valence-electron chi connectivity index (χ3n) is 6.13. The predicted octanol–water partition coefficient (Wildman–Crippen LogP) is 4.07. The molecule has 2 aromatic rings. The Kier molecular flexibility index (Phi) is 8.90. The second kappa shape index (κ2) is 12.1. The molecule has 1 fully saturated rings. The summed E-state index contributed by atoms with van der Waals surface area (Å²) in [5.74, 6) is -0.227. The van der Waals surface area contributed by atoms with Gasteiger partial charge in [0.1, 0.15) is 30.4 Å². The fourth-order valence-corrected chi connectivity index (χ4v) is 4.30. The first kappa shape index (κ1) is 25.1. The van der Waals surface area contributed by atoms with E-state index in [9.17, 15) is 14.7 Å². The molecule has 0 radical (unpaired) electrons. The number of amides is 1. The summed E-state index contributed by atoms with van der Waals surface area (Å²) in [4.78, 5) is 29.7. The molecular formula is C26H32N2O6. The number of aliphatic carboxylic acids is 1. The molecule has 1 aliphatic carbocycles. The largest absolute Gasteiger partial charge is 0.497 e. The lowest BCUT2D eigenvalue weighted by molar-refractivity contribution is -0.141. The number of carboxylic acid groups (broad SMARTS) is 1. The number of hydrogen-bond acceptors (Lipinski definition) is 6. The number of nitrogens with zero attached hydrogens (tertiary/aromatic N) is 1. The third kappa shape index (κ3) is 6.27. The van der Waals surface area contributed by atoms with Gasteiger partial charge in [0, 0.05) is 24.0 Å². The summed E-state index contributed by atoms with van der Waals surface area (Å²) in [5, 5.41) is 16.3. The van der Waals surface area contributed by atoms with Crippen molar-refractivity contribution in [2.24, 2.45) is 11.1 Å². The average Bonchev–Trinajstić information content (AvgIpc) is 2.87. The van der Waals surface area contributed by atoms with Crippen LogP contribution >= 0.6 is 0 Å². The number of hydrogen-bond donors (Lipinski definition) is 2. The van der Waals surface area contributed by atoms with Crippen LogP contribution in [0.1, 0.15) is 37.7 Å².